The Kier molecular flexibility index (Phi) is 7.86. The van der Waals surface area contributed by atoms with Gasteiger partial charge in [0.05, 0.1) is 0 Å². The van der Waals surface area contributed by atoms with Crippen LogP contribution in [0.1, 0.15) is 62.0 Å². The fourth-order valence-electron chi connectivity index (χ4n) is 4.46. The molecule has 194 valence electrons. The predicted octanol–water partition coefficient (Wildman–Crippen LogP) is 6.71. The summed E-state index contributed by atoms with van der Waals surface area (Å²) in [5.74, 6) is 0.542. The number of hydrogen-bond acceptors (Lipinski definition) is 3. The lowest BCUT2D eigenvalue weighted by molar-refractivity contribution is 0.0746. The van der Waals surface area contributed by atoms with E-state index in [1.807, 2.05) is 65.6 Å². The molecule has 1 heterocycles. The minimum absolute atomic E-state index is 0.0711. The van der Waals surface area contributed by atoms with Crippen molar-refractivity contribution in [3.8, 4) is 0 Å². The zero-order valence-electron chi connectivity index (χ0n) is 22.5. The summed E-state index contributed by atoms with van der Waals surface area (Å²) in [6.45, 7) is 13.7. The van der Waals surface area contributed by atoms with Crippen LogP contribution >= 0.6 is 0 Å². The molecule has 37 heavy (non-hydrogen) atoms. The van der Waals surface area contributed by atoms with Crippen molar-refractivity contribution < 1.29 is 9.59 Å². The number of urea groups is 1. The Morgan fingerprint density at radius 3 is 1.73 bits per heavy atom. The number of piperazine rings is 1. The Balaban J connectivity index is 1.27. The third kappa shape index (κ3) is 6.70. The largest absolute Gasteiger partial charge is 0.368 e. The highest BCUT2D eigenvalue weighted by molar-refractivity contribution is 5.99. The zero-order valence-corrected chi connectivity index (χ0v) is 22.5. The number of rotatable bonds is 5. The number of anilines is 3. The van der Waals surface area contributed by atoms with Crippen LogP contribution in [0.4, 0.5) is 21.9 Å². The third-order valence-corrected chi connectivity index (χ3v) is 6.89. The minimum atomic E-state index is -0.271. The van der Waals surface area contributed by atoms with Gasteiger partial charge in [0.2, 0.25) is 0 Å². The van der Waals surface area contributed by atoms with Crippen LogP contribution in [-0.2, 0) is 5.41 Å². The first kappa shape index (κ1) is 26.3. The van der Waals surface area contributed by atoms with E-state index >= 15 is 0 Å². The van der Waals surface area contributed by atoms with Crippen molar-refractivity contribution in [3.63, 3.8) is 0 Å². The lowest BCUT2D eigenvalue weighted by atomic mass is 9.86. The molecule has 1 aliphatic heterocycles. The molecule has 3 aromatic carbocycles. The van der Waals surface area contributed by atoms with Crippen LogP contribution < -0.4 is 15.5 Å². The highest BCUT2D eigenvalue weighted by Gasteiger charge is 2.23. The minimum Gasteiger partial charge on any atom is -0.368 e. The van der Waals surface area contributed by atoms with E-state index in [1.165, 1.54) is 11.1 Å². The van der Waals surface area contributed by atoms with Crippen LogP contribution in [-0.4, -0.2) is 43.0 Å². The molecule has 2 N–H and O–H groups in total. The molecule has 0 spiro atoms. The number of nitrogens with zero attached hydrogens (tertiary/aromatic N) is 2. The molecule has 1 fully saturated rings. The quantitative estimate of drug-likeness (QED) is 0.411. The van der Waals surface area contributed by atoms with E-state index in [1.54, 1.807) is 0 Å². The summed E-state index contributed by atoms with van der Waals surface area (Å²) in [5.41, 5.74) is 5.85. The summed E-state index contributed by atoms with van der Waals surface area (Å²) < 4.78 is 0. The molecular formula is C31H38N4O2. The third-order valence-electron chi connectivity index (χ3n) is 6.89. The van der Waals surface area contributed by atoms with E-state index < -0.39 is 0 Å². The van der Waals surface area contributed by atoms with E-state index in [-0.39, 0.29) is 17.4 Å². The fraction of sp³-hybridized carbons (Fsp3) is 0.355. The maximum atomic E-state index is 13.0. The Bertz CT molecular complexity index is 1200. The smallest absolute Gasteiger partial charge is 0.323 e. The molecule has 3 aromatic rings. The van der Waals surface area contributed by atoms with Gasteiger partial charge in [0.25, 0.3) is 5.91 Å². The summed E-state index contributed by atoms with van der Waals surface area (Å²) >= 11 is 0. The molecule has 0 saturated carbocycles. The Morgan fingerprint density at radius 2 is 1.24 bits per heavy atom. The molecule has 0 bridgehead atoms. The van der Waals surface area contributed by atoms with Gasteiger partial charge in [-0.05, 0) is 71.0 Å². The van der Waals surface area contributed by atoms with Gasteiger partial charge in [0.15, 0.2) is 0 Å². The Morgan fingerprint density at radius 1 is 0.730 bits per heavy atom. The number of benzene rings is 3. The zero-order chi connectivity index (χ0) is 26.6. The van der Waals surface area contributed by atoms with Gasteiger partial charge >= 0.3 is 6.03 Å². The second-order valence-electron chi connectivity index (χ2n) is 11.0. The Hall–Kier alpha value is -3.80. The van der Waals surface area contributed by atoms with Crippen LogP contribution in [0.3, 0.4) is 0 Å². The number of nitrogens with one attached hydrogen (secondary N) is 2. The van der Waals surface area contributed by atoms with Crippen molar-refractivity contribution in [1.82, 2.24) is 4.90 Å². The van der Waals surface area contributed by atoms with Crippen molar-refractivity contribution in [2.24, 2.45) is 0 Å². The molecule has 1 aliphatic rings. The maximum absolute atomic E-state index is 13.0. The summed E-state index contributed by atoms with van der Waals surface area (Å²) in [6, 6.07) is 23.5. The summed E-state index contributed by atoms with van der Waals surface area (Å²) in [7, 11) is 0. The summed E-state index contributed by atoms with van der Waals surface area (Å²) in [4.78, 5) is 29.6. The molecule has 6 heteroatoms. The second-order valence-corrected chi connectivity index (χ2v) is 11.0. The highest BCUT2D eigenvalue weighted by Crippen LogP contribution is 2.24. The van der Waals surface area contributed by atoms with E-state index in [2.05, 4.69) is 62.3 Å². The average Bonchev–Trinajstić information content (AvgIpc) is 2.89. The summed E-state index contributed by atoms with van der Waals surface area (Å²) in [5, 5.41) is 5.77. The molecule has 0 radical (unpaired) electrons. The predicted molar refractivity (Wildman–Crippen MR) is 153 cm³/mol. The molecular weight excluding hydrogens is 460 g/mol. The van der Waals surface area contributed by atoms with Gasteiger partial charge in [-0.1, -0.05) is 58.9 Å². The molecule has 6 nitrogen and oxygen atoms in total. The van der Waals surface area contributed by atoms with Gasteiger partial charge in [-0.2, -0.15) is 0 Å². The summed E-state index contributed by atoms with van der Waals surface area (Å²) in [6.07, 6.45) is 0. The van der Waals surface area contributed by atoms with Crippen molar-refractivity contribution in [2.45, 2.75) is 46.0 Å². The van der Waals surface area contributed by atoms with E-state index in [9.17, 15) is 9.59 Å². The SMILES string of the molecule is CC(C)c1ccc(NC(=O)Nc2ccc(N3CCN(C(=O)c4ccc(C(C)(C)C)cc4)CC3)cc2)cc1. The normalized spacial score (nSPS) is 14.0. The lowest BCUT2D eigenvalue weighted by Gasteiger charge is -2.36. The van der Waals surface area contributed by atoms with Crippen molar-refractivity contribution in [1.29, 1.82) is 0 Å². The number of carbonyl (C=O) groups is 2. The van der Waals surface area contributed by atoms with E-state index in [0.717, 1.165) is 35.7 Å². The standard InChI is InChI=1S/C31H38N4O2/c1-22(2)23-8-12-26(13-9-23)32-30(37)33-27-14-16-28(17-15-27)34-18-20-35(21-19-34)29(36)24-6-10-25(11-7-24)31(3,4)5/h6-17,22H,18-21H2,1-5H3,(H2,32,33,37). The molecule has 4 rings (SSSR count). The van der Waals surface area contributed by atoms with Gasteiger partial charge in [0, 0.05) is 48.8 Å². The van der Waals surface area contributed by atoms with Crippen molar-refractivity contribution in [3.05, 3.63) is 89.5 Å². The van der Waals surface area contributed by atoms with Crippen LogP contribution in [0.2, 0.25) is 0 Å². The van der Waals surface area contributed by atoms with Crippen molar-refractivity contribution in [2.75, 3.05) is 41.7 Å². The average molecular weight is 499 g/mol. The first-order chi connectivity index (χ1) is 17.6. The van der Waals surface area contributed by atoms with Crippen LogP contribution in [0, 0.1) is 0 Å². The fourth-order valence-corrected chi connectivity index (χ4v) is 4.46. The monoisotopic (exact) mass is 498 g/mol. The van der Waals surface area contributed by atoms with E-state index in [0.29, 0.717) is 19.0 Å². The first-order valence-corrected chi connectivity index (χ1v) is 13.0. The van der Waals surface area contributed by atoms with E-state index in [4.69, 9.17) is 0 Å². The molecule has 0 aromatic heterocycles. The number of carbonyl (C=O) groups excluding carboxylic acids is 2. The van der Waals surface area contributed by atoms with Gasteiger partial charge in [-0.3, -0.25) is 4.79 Å². The molecule has 1 saturated heterocycles. The molecule has 0 atom stereocenters. The first-order valence-electron chi connectivity index (χ1n) is 13.0. The van der Waals surface area contributed by atoms with Crippen molar-refractivity contribution >= 4 is 29.0 Å². The van der Waals surface area contributed by atoms with Gasteiger partial charge in [-0.15, -0.1) is 0 Å². The van der Waals surface area contributed by atoms with Crippen LogP contribution in [0.15, 0.2) is 72.8 Å². The maximum Gasteiger partial charge on any atom is 0.323 e. The van der Waals surface area contributed by atoms with Gasteiger partial charge in [0.1, 0.15) is 0 Å². The Labute approximate surface area is 220 Å². The lowest BCUT2D eigenvalue weighted by Crippen LogP contribution is -2.48. The van der Waals surface area contributed by atoms with Crippen LogP contribution in [0.25, 0.3) is 0 Å². The molecule has 3 amide bonds. The molecule has 0 aliphatic carbocycles. The highest BCUT2D eigenvalue weighted by atomic mass is 16.2. The molecule has 0 unspecified atom stereocenters. The van der Waals surface area contributed by atoms with Crippen LogP contribution in [0.5, 0.6) is 0 Å². The van der Waals surface area contributed by atoms with Gasteiger partial charge < -0.3 is 20.4 Å². The second kappa shape index (κ2) is 11.1. The van der Waals surface area contributed by atoms with Gasteiger partial charge in [-0.25, -0.2) is 4.79 Å². The number of amides is 3. The number of hydrogen-bond donors (Lipinski definition) is 2. The topological polar surface area (TPSA) is 64.7 Å².